The fraction of sp³-hybridized carbons (Fsp3) is 0.0909. The lowest BCUT2D eigenvalue weighted by Gasteiger charge is -2.26. The molecule has 41 heavy (non-hydrogen) atoms. The fourth-order valence-corrected chi connectivity index (χ4v) is 6.28. The molecule has 8 heteroatoms. The summed E-state index contributed by atoms with van der Waals surface area (Å²) in [5, 5.41) is 11.1. The van der Waals surface area contributed by atoms with Gasteiger partial charge in [-0.15, -0.1) is 11.3 Å². The smallest absolute Gasteiger partial charge is 0.355 e. The SMILES string of the molecule is Cc1ccc2c(Cl)c(C(=O)Oc3ccc4c(c3)OC(N)=C(C#N)C4c3ccc(OCc4ccccc4)cc3)sc2c1. The molecule has 5 aromatic rings. The predicted octanol–water partition coefficient (Wildman–Crippen LogP) is 7.88. The lowest BCUT2D eigenvalue weighted by molar-refractivity contribution is 0.0740. The zero-order chi connectivity index (χ0) is 28.5. The molecule has 0 amide bonds. The van der Waals surface area contributed by atoms with Gasteiger partial charge in [-0.05, 0) is 47.9 Å². The van der Waals surface area contributed by atoms with Gasteiger partial charge in [0.1, 0.15) is 40.4 Å². The molecule has 0 fully saturated rings. The molecule has 0 bridgehead atoms. The maximum absolute atomic E-state index is 13.1. The molecule has 0 saturated heterocycles. The van der Waals surface area contributed by atoms with E-state index < -0.39 is 11.9 Å². The minimum Gasteiger partial charge on any atom is -0.489 e. The second-order valence-corrected chi connectivity index (χ2v) is 11.0. The normalized spacial score (nSPS) is 14.2. The molecule has 0 radical (unpaired) electrons. The molecule has 0 saturated carbocycles. The van der Waals surface area contributed by atoms with Crippen molar-refractivity contribution in [3.63, 3.8) is 0 Å². The summed E-state index contributed by atoms with van der Waals surface area (Å²) in [5.74, 6) is 0.359. The standard InChI is InChI=1S/C33H23ClN2O4S/c1-19-7-13-25-28(15-19)41-31(30(25)34)33(37)39-23-12-14-24-27(16-23)40-32(36)26(17-35)29(24)21-8-10-22(11-9-21)38-18-20-5-3-2-4-6-20/h2-16,29H,18,36H2,1H3. The average molecular weight is 579 g/mol. The summed E-state index contributed by atoms with van der Waals surface area (Å²) in [6.45, 7) is 2.43. The van der Waals surface area contributed by atoms with Crippen molar-refractivity contribution in [1.82, 2.24) is 0 Å². The summed E-state index contributed by atoms with van der Waals surface area (Å²) in [6, 6.07) is 30.5. The Labute approximate surface area is 245 Å². The van der Waals surface area contributed by atoms with Gasteiger partial charge in [0.2, 0.25) is 5.88 Å². The zero-order valence-electron chi connectivity index (χ0n) is 21.9. The first-order chi connectivity index (χ1) is 19.9. The van der Waals surface area contributed by atoms with Gasteiger partial charge in [-0.3, -0.25) is 0 Å². The van der Waals surface area contributed by atoms with Crippen LogP contribution in [0.3, 0.4) is 0 Å². The number of nitrogens with zero attached hydrogens (tertiary/aromatic N) is 1. The topological polar surface area (TPSA) is 94.6 Å². The van der Waals surface area contributed by atoms with Crippen LogP contribution in [0.25, 0.3) is 10.1 Å². The maximum atomic E-state index is 13.1. The number of allylic oxidation sites excluding steroid dienone is 1. The second kappa shape index (κ2) is 11.0. The van der Waals surface area contributed by atoms with E-state index in [-0.39, 0.29) is 11.6 Å². The number of thiophene rings is 1. The number of nitriles is 1. The number of fused-ring (bicyclic) bond motifs is 2. The monoisotopic (exact) mass is 578 g/mol. The Morgan fingerprint density at radius 1 is 1.02 bits per heavy atom. The quantitative estimate of drug-likeness (QED) is 0.163. The number of hydrogen-bond acceptors (Lipinski definition) is 7. The number of hydrogen-bond donors (Lipinski definition) is 1. The lowest BCUT2D eigenvalue weighted by Crippen LogP contribution is -2.21. The van der Waals surface area contributed by atoms with Crippen LogP contribution in [-0.2, 0) is 6.61 Å². The van der Waals surface area contributed by atoms with Crippen molar-refractivity contribution in [2.24, 2.45) is 5.73 Å². The van der Waals surface area contributed by atoms with Gasteiger partial charge in [0, 0.05) is 21.7 Å². The molecule has 4 aromatic carbocycles. The third-order valence-electron chi connectivity index (χ3n) is 6.83. The second-order valence-electron chi connectivity index (χ2n) is 9.60. The van der Waals surface area contributed by atoms with Crippen molar-refractivity contribution in [2.45, 2.75) is 19.4 Å². The van der Waals surface area contributed by atoms with Crippen molar-refractivity contribution in [2.75, 3.05) is 0 Å². The number of aryl methyl sites for hydroxylation is 1. The van der Waals surface area contributed by atoms with Gasteiger partial charge in [0.15, 0.2) is 0 Å². The molecule has 1 atom stereocenters. The molecule has 1 aromatic heterocycles. The van der Waals surface area contributed by atoms with Gasteiger partial charge in [-0.2, -0.15) is 5.26 Å². The van der Waals surface area contributed by atoms with Crippen LogP contribution in [0, 0.1) is 18.3 Å². The molecular weight excluding hydrogens is 556 g/mol. The molecule has 6 rings (SSSR count). The molecule has 0 aliphatic carbocycles. The highest BCUT2D eigenvalue weighted by atomic mass is 35.5. The first-order valence-corrected chi connectivity index (χ1v) is 14.0. The van der Waals surface area contributed by atoms with Crippen molar-refractivity contribution < 1.29 is 19.0 Å². The van der Waals surface area contributed by atoms with Gasteiger partial charge >= 0.3 is 5.97 Å². The van der Waals surface area contributed by atoms with Gasteiger partial charge in [-0.1, -0.05) is 72.3 Å². The first kappa shape index (κ1) is 26.5. The number of carbonyl (C=O) groups excluding carboxylic acids is 1. The summed E-state index contributed by atoms with van der Waals surface area (Å²) >= 11 is 7.80. The van der Waals surface area contributed by atoms with Crippen LogP contribution >= 0.6 is 22.9 Å². The van der Waals surface area contributed by atoms with Gasteiger partial charge in [0.25, 0.3) is 0 Å². The number of carbonyl (C=O) groups is 1. The largest absolute Gasteiger partial charge is 0.489 e. The van der Waals surface area contributed by atoms with Crippen LogP contribution in [-0.4, -0.2) is 5.97 Å². The number of halogens is 1. The number of benzene rings is 4. The van der Waals surface area contributed by atoms with E-state index >= 15 is 0 Å². The molecule has 1 aliphatic rings. The molecule has 2 N–H and O–H groups in total. The van der Waals surface area contributed by atoms with Crippen LogP contribution in [0.5, 0.6) is 17.2 Å². The van der Waals surface area contributed by atoms with E-state index in [2.05, 4.69) is 6.07 Å². The summed E-state index contributed by atoms with van der Waals surface area (Å²) in [6.07, 6.45) is 0. The van der Waals surface area contributed by atoms with E-state index in [1.54, 1.807) is 18.2 Å². The maximum Gasteiger partial charge on any atom is 0.355 e. The molecule has 0 spiro atoms. The van der Waals surface area contributed by atoms with Gasteiger partial charge in [-0.25, -0.2) is 4.79 Å². The Morgan fingerprint density at radius 2 is 1.78 bits per heavy atom. The first-order valence-electron chi connectivity index (χ1n) is 12.8. The van der Waals surface area contributed by atoms with Crippen LogP contribution in [0.4, 0.5) is 0 Å². The van der Waals surface area contributed by atoms with Crippen LogP contribution in [0.1, 0.15) is 37.8 Å². The van der Waals surface area contributed by atoms with E-state index in [9.17, 15) is 10.1 Å². The summed E-state index contributed by atoms with van der Waals surface area (Å²) in [4.78, 5) is 13.4. The molecule has 1 aliphatic heterocycles. The number of esters is 1. The average Bonchev–Trinajstić information content (AvgIpc) is 3.31. The third kappa shape index (κ3) is 5.23. The molecule has 202 valence electrons. The summed E-state index contributed by atoms with van der Waals surface area (Å²) in [7, 11) is 0. The van der Waals surface area contributed by atoms with Crippen molar-refractivity contribution in [3.8, 4) is 23.3 Å². The van der Waals surface area contributed by atoms with E-state index in [0.29, 0.717) is 33.6 Å². The van der Waals surface area contributed by atoms with Crippen LogP contribution < -0.4 is 19.9 Å². The summed E-state index contributed by atoms with van der Waals surface area (Å²) < 4.78 is 18.3. The Kier molecular flexibility index (Phi) is 7.10. The predicted molar refractivity (Wildman–Crippen MR) is 159 cm³/mol. The van der Waals surface area contributed by atoms with Crippen LogP contribution in [0.15, 0.2) is 102 Å². The van der Waals surface area contributed by atoms with Crippen molar-refractivity contribution in [3.05, 3.63) is 135 Å². The minimum atomic E-state index is -0.562. The molecule has 2 heterocycles. The van der Waals surface area contributed by atoms with E-state index in [1.807, 2.05) is 79.7 Å². The van der Waals surface area contributed by atoms with Crippen LogP contribution in [0.2, 0.25) is 5.02 Å². The Hall–Kier alpha value is -4.77. The molecule has 6 nitrogen and oxygen atoms in total. The number of ether oxygens (including phenoxy) is 3. The zero-order valence-corrected chi connectivity index (χ0v) is 23.5. The van der Waals surface area contributed by atoms with Gasteiger partial charge in [0.05, 0.1) is 10.9 Å². The number of rotatable bonds is 6. The van der Waals surface area contributed by atoms with E-state index in [4.69, 9.17) is 31.5 Å². The van der Waals surface area contributed by atoms with Crippen molar-refractivity contribution in [1.29, 1.82) is 5.26 Å². The van der Waals surface area contributed by atoms with Crippen molar-refractivity contribution >= 4 is 39.0 Å². The summed E-state index contributed by atoms with van der Waals surface area (Å²) in [5.41, 5.74) is 10.2. The number of nitrogens with two attached hydrogens (primary N) is 1. The highest BCUT2D eigenvalue weighted by molar-refractivity contribution is 7.21. The fourth-order valence-electron chi connectivity index (χ4n) is 4.80. The molecule has 1 unspecified atom stereocenters. The minimum absolute atomic E-state index is 0.000742. The Morgan fingerprint density at radius 3 is 2.54 bits per heavy atom. The van der Waals surface area contributed by atoms with Gasteiger partial charge < -0.3 is 19.9 Å². The highest BCUT2D eigenvalue weighted by Crippen LogP contribution is 2.44. The van der Waals surface area contributed by atoms with E-state index in [1.165, 1.54) is 11.3 Å². The van der Waals surface area contributed by atoms with E-state index in [0.717, 1.165) is 32.3 Å². The lowest BCUT2D eigenvalue weighted by atomic mass is 9.83. The molecular formula is C33H23ClN2O4S. The highest BCUT2D eigenvalue weighted by Gasteiger charge is 2.31. The Balaban J connectivity index is 1.25. The third-order valence-corrected chi connectivity index (χ3v) is 8.47. The Bertz CT molecular complexity index is 1860.